The van der Waals surface area contributed by atoms with E-state index in [-0.39, 0.29) is 11.8 Å². The van der Waals surface area contributed by atoms with Crippen molar-refractivity contribution in [1.82, 2.24) is 4.90 Å². The molecule has 1 fully saturated rings. The van der Waals surface area contributed by atoms with Crippen molar-refractivity contribution < 1.29 is 14.3 Å². The molecule has 1 aliphatic rings. The van der Waals surface area contributed by atoms with Gasteiger partial charge < -0.3 is 15.0 Å². The first kappa shape index (κ1) is 19.4. The average Bonchev–Trinajstić information content (AvgIpc) is 3.18. The zero-order chi connectivity index (χ0) is 19.9. The molecule has 2 aromatic rings. The summed E-state index contributed by atoms with van der Waals surface area (Å²) >= 11 is 0. The number of hydrogen-bond acceptors (Lipinski definition) is 4. The van der Waals surface area contributed by atoms with Gasteiger partial charge in [0, 0.05) is 19.2 Å². The molecule has 0 aromatic heterocycles. The number of anilines is 1. The fraction of sp³-hybridized carbons (Fsp3) is 0.318. The molecule has 0 spiro atoms. The molecule has 2 amide bonds. The Morgan fingerprint density at radius 3 is 2.71 bits per heavy atom. The maximum Gasteiger partial charge on any atom is 0.247 e. The van der Waals surface area contributed by atoms with Gasteiger partial charge in [-0.3, -0.25) is 9.59 Å². The van der Waals surface area contributed by atoms with Crippen molar-refractivity contribution in [1.29, 1.82) is 5.26 Å². The van der Waals surface area contributed by atoms with E-state index >= 15 is 0 Å². The van der Waals surface area contributed by atoms with E-state index in [1.54, 1.807) is 4.90 Å². The van der Waals surface area contributed by atoms with Crippen LogP contribution in [0.1, 0.15) is 30.9 Å². The quantitative estimate of drug-likeness (QED) is 0.837. The van der Waals surface area contributed by atoms with Crippen molar-refractivity contribution in [3.8, 4) is 11.8 Å². The molecule has 1 saturated heterocycles. The molecule has 2 aromatic carbocycles. The first-order chi connectivity index (χ1) is 13.6. The van der Waals surface area contributed by atoms with Crippen LogP contribution >= 0.6 is 0 Å². The van der Waals surface area contributed by atoms with Gasteiger partial charge in [-0.2, -0.15) is 5.26 Å². The molecule has 1 unspecified atom stereocenters. The van der Waals surface area contributed by atoms with Crippen molar-refractivity contribution in [2.24, 2.45) is 0 Å². The maximum atomic E-state index is 12.5. The van der Waals surface area contributed by atoms with Gasteiger partial charge in [-0.05, 0) is 48.2 Å². The summed E-state index contributed by atoms with van der Waals surface area (Å²) in [4.78, 5) is 25.8. The largest absolute Gasteiger partial charge is 0.489 e. The maximum absolute atomic E-state index is 12.5. The van der Waals surface area contributed by atoms with E-state index in [4.69, 9.17) is 10.00 Å². The van der Waals surface area contributed by atoms with E-state index in [0.717, 1.165) is 23.3 Å². The van der Waals surface area contributed by atoms with E-state index in [1.165, 1.54) is 6.92 Å². The SMILES string of the molecule is CC(=O)N1CCCC1C(=O)Nc1cccc(COc2ccc(CC#N)cc2)c1. The van der Waals surface area contributed by atoms with Gasteiger partial charge in [0.1, 0.15) is 18.4 Å². The van der Waals surface area contributed by atoms with E-state index in [0.29, 0.717) is 31.7 Å². The van der Waals surface area contributed by atoms with Gasteiger partial charge in [0.2, 0.25) is 11.8 Å². The van der Waals surface area contributed by atoms with Crippen molar-refractivity contribution in [3.63, 3.8) is 0 Å². The second-order valence-electron chi connectivity index (χ2n) is 6.83. The van der Waals surface area contributed by atoms with Gasteiger partial charge >= 0.3 is 0 Å². The van der Waals surface area contributed by atoms with Crippen LogP contribution in [0.15, 0.2) is 48.5 Å². The molecule has 144 valence electrons. The molecule has 28 heavy (non-hydrogen) atoms. The van der Waals surface area contributed by atoms with E-state index in [1.807, 2.05) is 48.5 Å². The van der Waals surface area contributed by atoms with Crippen molar-refractivity contribution in [2.75, 3.05) is 11.9 Å². The molecule has 1 heterocycles. The van der Waals surface area contributed by atoms with Crippen molar-refractivity contribution in [3.05, 3.63) is 59.7 Å². The van der Waals surface area contributed by atoms with Crippen LogP contribution in [-0.2, 0) is 22.6 Å². The Balaban J connectivity index is 1.58. The molecule has 0 saturated carbocycles. The van der Waals surface area contributed by atoms with Crippen LogP contribution in [0.3, 0.4) is 0 Å². The number of nitrogens with one attached hydrogen (secondary N) is 1. The zero-order valence-corrected chi connectivity index (χ0v) is 15.9. The summed E-state index contributed by atoms with van der Waals surface area (Å²) in [5.41, 5.74) is 2.56. The van der Waals surface area contributed by atoms with E-state index in [2.05, 4.69) is 11.4 Å². The minimum atomic E-state index is -0.399. The minimum Gasteiger partial charge on any atom is -0.489 e. The lowest BCUT2D eigenvalue weighted by Gasteiger charge is -2.22. The number of nitriles is 1. The van der Waals surface area contributed by atoms with Gasteiger partial charge in [-0.15, -0.1) is 0 Å². The highest BCUT2D eigenvalue weighted by molar-refractivity contribution is 5.97. The highest BCUT2D eigenvalue weighted by atomic mass is 16.5. The summed E-state index contributed by atoms with van der Waals surface area (Å²) in [5, 5.41) is 11.6. The van der Waals surface area contributed by atoms with E-state index in [9.17, 15) is 9.59 Å². The molecule has 6 nitrogen and oxygen atoms in total. The number of nitrogens with zero attached hydrogens (tertiary/aromatic N) is 2. The molecule has 0 aliphatic carbocycles. The van der Waals surface area contributed by atoms with Crippen LogP contribution in [0.4, 0.5) is 5.69 Å². The lowest BCUT2D eigenvalue weighted by molar-refractivity contribution is -0.134. The summed E-state index contributed by atoms with van der Waals surface area (Å²) in [6, 6.07) is 16.6. The molecule has 1 atom stereocenters. The van der Waals surface area contributed by atoms with Gasteiger partial charge in [-0.25, -0.2) is 0 Å². The van der Waals surface area contributed by atoms with Crippen LogP contribution in [0, 0.1) is 11.3 Å². The van der Waals surface area contributed by atoms with E-state index < -0.39 is 6.04 Å². The highest BCUT2D eigenvalue weighted by Gasteiger charge is 2.32. The molecular weight excluding hydrogens is 354 g/mol. The minimum absolute atomic E-state index is 0.0689. The van der Waals surface area contributed by atoms with Gasteiger partial charge in [0.15, 0.2) is 0 Å². The lowest BCUT2D eigenvalue weighted by Crippen LogP contribution is -2.42. The number of carbonyl (C=O) groups excluding carboxylic acids is 2. The first-order valence-corrected chi connectivity index (χ1v) is 9.32. The van der Waals surface area contributed by atoms with Gasteiger partial charge in [-0.1, -0.05) is 24.3 Å². The summed E-state index contributed by atoms with van der Waals surface area (Å²) in [6.07, 6.45) is 1.92. The number of likely N-dealkylation sites (tertiary alicyclic amines) is 1. The molecular formula is C22H23N3O3. The van der Waals surface area contributed by atoms with Crippen LogP contribution in [0.25, 0.3) is 0 Å². The Morgan fingerprint density at radius 1 is 1.21 bits per heavy atom. The third kappa shape index (κ3) is 4.89. The standard InChI is InChI=1S/C22H23N3O3/c1-16(26)25-13-3-6-21(25)22(27)24-19-5-2-4-18(14-19)15-28-20-9-7-17(8-10-20)11-12-23/h2,4-5,7-10,14,21H,3,6,11,13,15H2,1H3,(H,24,27). The Morgan fingerprint density at radius 2 is 2.00 bits per heavy atom. The van der Waals surface area contributed by atoms with Gasteiger partial charge in [0.25, 0.3) is 0 Å². The predicted octanol–water partition coefficient (Wildman–Crippen LogP) is 3.28. The monoisotopic (exact) mass is 377 g/mol. The summed E-state index contributed by atoms with van der Waals surface area (Å²) in [7, 11) is 0. The normalized spacial score (nSPS) is 15.7. The number of hydrogen-bond donors (Lipinski definition) is 1. The number of amides is 2. The fourth-order valence-corrected chi connectivity index (χ4v) is 3.34. The molecule has 0 radical (unpaired) electrons. The smallest absolute Gasteiger partial charge is 0.247 e. The number of benzene rings is 2. The first-order valence-electron chi connectivity index (χ1n) is 9.32. The molecule has 1 N–H and O–H groups in total. The van der Waals surface area contributed by atoms with Crippen LogP contribution in [0.2, 0.25) is 0 Å². The second-order valence-corrected chi connectivity index (χ2v) is 6.83. The molecule has 3 rings (SSSR count). The number of rotatable bonds is 6. The Hall–Kier alpha value is -3.33. The fourth-order valence-electron chi connectivity index (χ4n) is 3.34. The summed E-state index contributed by atoms with van der Waals surface area (Å²) in [6.45, 7) is 2.50. The Kier molecular flexibility index (Phi) is 6.28. The zero-order valence-electron chi connectivity index (χ0n) is 15.9. The summed E-state index contributed by atoms with van der Waals surface area (Å²) in [5.74, 6) is 0.499. The number of ether oxygens (including phenoxy) is 1. The van der Waals surface area contributed by atoms with Crippen LogP contribution in [0.5, 0.6) is 5.75 Å². The predicted molar refractivity (Wildman–Crippen MR) is 106 cm³/mol. The van der Waals surface area contributed by atoms with Crippen LogP contribution < -0.4 is 10.1 Å². The van der Waals surface area contributed by atoms with Crippen molar-refractivity contribution >= 4 is 17.5 Å². The van der Waals surface area contributed by atoms with Crippen LogP contribution in [-0.4, -0.2) is 29.3 Å². The van der Waals surface area contributed by atoms with Gasteiger partial charge in [0.05, 0.1) is 12.5 Å². The Labute approximate surface area is 164 Å². The summed E-state index contributed by atoms with van der Waals surface area (Å²) < 4.78 is 5.78. The number of carbonyl (C=O) groups is 2. The third-order valence-electron chi connectivity index (χ3n) is 4.77. The lowest BCUT2D eigenvalue weighted by atomic mass is 10.1. The Bertz CT molecular complexity index is 887. The third-order valence-corrected chi connectivity index (χ3v) is 4.77. The molecule has 0 bridgehead atoms. The average molecular weight is 377 g/mol. The molecule has 1 aliphatic heterocycles. The van der Waals surface area contributed by atoms with Crippen molar-refractivity contribution in [2.45, 2.75) is 38.8 Å². The molecule has 6 heteroatoms. The second kappa shape index (κ2) is 9.05. The highest BCUT2D eigenvalue weighted by Crippen LogP contribution is 2.20. The topological polar surface area (TPSA) is 82.4 Å².